The third-order valence-corrected chi connectivity index (χ3v) is 4.64. The molecule has 0 fully saturated rings. The van der Waals surface area contributed by atoms with Crippen LogP contribution in [0.4, 0.5) is 0 Å². The number of hydrogen-bond donors (Lipinski definition) is 2. The molecule has 0 aliphatic carbocycles. The van der Waals surface area contributed by atoms with Gasteiger partial charge in [-0.05, 0) is 39.8 Å². The first kappa shape index (κ1) is 20.4. The highest BCUT2D eigenvalue weighted by molar-refractivity contribution is 7.47. The Morgan fingerprint density at radius 3 is 2.50 bits per heavy atom. The number of rotatable bonds is 5. The number of nitrogens with zero attached hydrogens (tertiary/aromatic N) is 3. The predicted molar refractivity (Wildman–Crippen MR) is 95.9 cm³/mol. The van der Waals surface area contributed by atoms with Crippen LogP contribution in [0.25, 0.3) is 11.0 Å². The molecule has 1 aromatic heterocycles. The van der Waals surface area contributed by atoms with Crippen LogP contribution in [-0.2, 0) is 20.3 Å². The Morgan fingerprint density at radius 2 is 1.96 bits per heavy atom. The van der Waals surface area contributed by atoms with Crippen molar-refractivity contribution in [1.82, 2.24) is 14.5 Å². The first-order chi connectivity index (χ1) is 11.8. The number of carbonyl (C=O) groups excluding carboxylic acids is 1. The number of fused-ring (bicyclic) bond motifs is 1. The van der Waals surface area contributed by atoms with E-state index in [1.54, 1.807) is 47.9 Å². The van der Waals surface area contributed by atoms with E-state index in [0.29, 0.717) is 11.3 Å². The van der Waals surface area contributed by atoms with E-state index < -0.39 is 13.4 Å². The molecular weight excluding hydrogens is 361 g/mol. The van der Waals surface area contributed by atoms with Gasteiger partial charge in [-0.2, -0.15) is 0 Å². The number of amides is 1. The van der Waals surface area contributed by atoms with Crippen LogP contribution < -0.4 is 0 Å². The molecule has 0 bridgehead atoms. The quantitative estimate of drug-likeness (QED) is 0.761. The van der Waals surface area contributed by atoms with Gasteiger partial charge in [0.25, 0.3) is 5.91 Å². The molecule has 0 radical (unpaired) electrons. The molecule has 26 heavy (non-hydrogen) atoms. The van der Waals surface area contributed by atoms with Gasteiger partial charge in [0.1, 0.15) is 23.8 Å². The molecule has 2 aromatic rings. The third-order valence-electron chi connectivity index (χ3n) is 3.42. The van der Waals surface area contributed by atoms with Crippen molar-refractivity contribution in [2.45, 2.75) is 40.0 Å². The fourth-order valence-electron chi connectivity index (χ4n) is 2.37. The van der Waals surface area contributed by atoms with Gasteiger partial charge in [-0.25, -0.2) is 9.55 Å². The summed E-state index contributed by atoms with van der Waals surface area (Å²) >= 11 is 0. The second kappa shape index (κ2) is 7.00. The predicted octanol–water partition coefficient (Wildman–Crippen LogP) is 2.64. The maximum absolute atomic E-state index is 12.2. The zero-order valence-corrected chi connectivity index (χ0v) is 16.6. The molecule has 0 aliphatic heterocycles. The standard InChI is InChI=1S/C16H24N3O6P/c1-10-17-14-12(7-11(8-13(14)20)15(21)18(5)6)19(10)9-24-26(22,23)25-16(2,3)4/h7-8,20H,9H2,1-6H3,(H,22,23). The normalized spacial score (nSPS) is 14.4. The number of phenolic OH excluding ortho intramolecular Hbond substituents is 1. The minimum atomic E-state index is -4.30. The van der Waals surface area contributed by atoms with Crippen LogP contribution in [0, 0.1) is 6.92 Å². The summed E-state index contributed by atoms with van der Waals surface area (Å²) in [7, 11) is -1.10. The van der Waals surface area contributed by atoms with Gasteiger partial charge < -0.3 is 19.5 Å². The smallest absolute Gasteiger partial charge is 0.474 e. The zero-order valence-electron chi connectivity index (χ0n) is 15.7. The Bertz CT molecular complexity index is 884. The van der Waals surface area contributed by atoms with E-state index in [1.807, 2.05) is 0 Å². The molecule has 2 rings (SSSR count). The summed E-state index contributed by atoms with van der Waals surface area (Å²) in [5.41, 5.74) is 0.0773. The van der Waals surface area contributed by atoms with Crippen LogP contribution in [0.3, 0.4) is 0 Å². The van der Waals surface area contributed by atoms with Gasteiger partial charge >= 0.3 is 7.82 Å². The number of imidazole rings is 1. The molecule has 10 heteroatoms. The van der Waals surface area contributed by atoms with Crippen molar-refractivity contribution in [3.05, 3.63) is 23.5 Å². The van der Waals surface area contributed by atoms with E-state index in [2.05, 4.69) is 4.98 Å². The summed E-state index contributed by atoms with van der Waals surface area (Å²) in [6.07, 6.45) is 0. The largest absolute Gasteiger partial charge is 0.506 e. The van der Waals surface area contributed by atoms with Crippen LogP contribution in [0.1, 0.15) is 37.0 Å². The van der Waals surface area contributed by atoms with E-state index >= 15 is 0 Å². The van der Waals surface area contributed by atoms with Crippen LogP contribution in [0.15, 0.2) is 12.1 Å². The Hall–Kier alpha value is -1.93. The van der Waals surface area contributed by atoms with Crippen molar-refractivity contribution in [3.63, 3.8) is 0 Å². The molecule has 0 spiro atoms. The van der Waals surface area contributed by atoms with Crippen LogP contribution in [0.2, 0.25) is 0 Å². The maximum Gasteiger partial charge on any atom is 0.474 e. The molecule has 1 atom stereocenters. The van der Waals surface area contributed by atoms with E-state index in [4.69, 9.17) is 9.05 Å². The second-order valence-corrected chi connectivity index (χ2v) is 8.46. The van der Waals surface area contributed by atoms with E-state index in [9.17, 15) is 19.4 Å². The number of phenols is 1. The Kier molecular flexibility index (Phi) is 5.49. The Morgan fingerprint density at radius 1 is 1.35 bits per heavy atom. The lowest BCUT2D eigenvalue weighted by molar-refractivity contribution is 0.0489. The number of benzene rings is 1. The summed E-state index contributed by atoms with van der Waals surface area (Å²) in [4.78, 5) is 27.6. The molecule has 0 aliphatic rings. The number of aromatic nitrogens is 2. The fourth-order valence-corrected chi connectivity index (χ4v) is 3.37. The third kappa shape index (κ3) is 4.62. The fraction of sp³-hybridized carbons (Fsp3) is 0.500. The second-order valence-electron chi connectivity index (χ2n) is 7.08. The van der Waals surface area contributed by atoms with Crippen molar-refractivity contribution >= 4 is 24.8 Å². The van der Waals surface area contributed by atoms with Gasteiger partial charge in [-0.1, -0.05) is 0 Å². The van der Waals surface area contributed by atoms with Crippen LogP contribution in [-0.4, -0.2) is 50.1 Å². The van der Waals surface area contributed by atoms with Crippen molar-refractivity contribution in [2.75, 3.05) is 14.1 Å². The SMILES string of the molecule is Cc1nc2c(O)cc(C(=O)N(C)C)cc2n1COP(=O)(O)OC(C)(C)C. The van der Waals surface area contributed by atoms with E-state index in [0.717, 1.165) is 0 Å². The minimum absolute atomic E-state index is 0.160. The summed E-state index contributed by atoms with van der Waals surface area (Å²) in [5, 5.41) is 10.2. The van der Waals surface area contributed by atoms with Crippen molar-refractivity contribution in [3.8, 4) is 5.75 Å². The lowest BCUT2D eigenvalue weighted by atomic mass is 10.1. The first-order valence-electron chi connectivity index (χ1n) is 7.90. The Balaban J connectivity index is 2.40. The minimum Gasteiger partial charge on any atom is -0.506 e. The van der Waals surface area contributed by atoms with Crippen LogP contribution in [0.5, 0.6) is 5.75 Å². The molecule has 1 aromatic carbocycles. The van der Waals surface area contributed by atoms with Gasteiger partial charge in [0.15, 0.2) is 0 Å². The number of carbonyl (C=O) groups is 1. The van der Waals surface area contributed by atoms with Crippen molar-refractivity contribution in [1.29, 1.82) is 0 Å². The first-order valence-corrected chi connectivity index (χ1v) is 9.40. The molecule has 9 nitrogen and oxygen atoms in total. The lowest BCUT2D eigenvalue weighted by Gasteiger charge is -2.23. The maximum atomic E-state index is 12.2. The summed E-state index contributed by atoms with van der Waals surface area (Å²) in [5.74, 6) is -0.00870. The highest BCUT2D eigenvalue weighted by Gasteiger charge is 2.29. The highest BCUT2D eigenvalue weighted by Crippen LogP contribution is 2.47. The average Bonchev–Trinajstić information content (AvgIpc) is 2.78. The summed E-state index contributed by atoms with van der Waals surface area (Å²) < 4.78 is 23.7. The highest BCUT2D eigenvalue weighted by atomic mass is 31.2. The number of phosphoric acid groups is 1. The van der Waals surface area contributed by atoms with Gasteiger partial charge in [0.2, 0.25) is 0 Å². The van der Waals surface area contributed by atoms with E-state index in [1.165, 1.54) is 15.5 Å². The van der Waals surface area contributed by atoms with Gasteiger partial charge in [0.05, 0.1) is 11.1 Å². The number of aryl methyl sites for hydroxylation is 1. The monoisotopic (exact) mass is 385 g/mol. The van der Waals surface area contributed by atoms with Gasteiger partial charge in [0, 0.05) is 19.7 Å². The molecule has 1 amide bonds. The summed E-state index contributed by atoms with van der Waals surface area (Å²) in [6.45, 7) is 6.23. The average molecular weight is 385 g/mol. The molecule has 2 N–H and O–H groups in total. The topological polar surface area (TPSA) is 114 Å². The number of aromatic hydroxyl groups is 1. The molecule has 0 saturated carbocycles. The lowest BCUT2D eigenvalue weighted by Crippen LogP contribution is -2.21. The molecule has 144 valence electrons. The van der Waals surface area contributed by atoms with E-state index in [-0.39, 0.29) is 29.5 Å². The van der Waals surface area contributed by atoms with Gasteiger partial charge in [-0.15, -0.1) is 0 Å². The molecule has 0 saturated heterocycles. The zero-order chi connectivity index (χ0) is 19.9. The van der Waals surface area contributed by atoms with Gasteiger partial charge in [-0.3, -0.25) is 13.8 Å². The number of phosphoric ester groups is 1. The number of hydrogen-bond acceptors (Lipinski definition) is 6. The Labute approximate surface area is 151 Å². The van der Waals surface area contributed by atoms with Crippen molar-refractivity contribution in [2.24, 2.45) is 0 Å². The van der Waals surface area contributed by atoms with Crippen molar-refractivity contribution < 1.29 is 28.4 Å². The molecule has 1 unspecified atom stereocenters. The molecular formula is C16H24N3O6P. The van der Waals surface area contributed by atoms with Crippen LogP contribution >= 0.6 is 7.82 Å². The molecule has 1 heterocycles. The summed E-state index contributed by atoms with van der Waals surface area (Å²) in [6, 6.07) is 2.88.